The Morgan fingerprint density at radius 3 is 2.35 bits per heavy atom. The van der Waals surface area contributed by atoms with Crippen molar-refractivity contribution in [3.63, 3.8) is 0 Å². The molecule has 98 valence electrons. The number of aromatic nitrogens is 3. The minimum absolute atomic E-state index is 0.103. The van der Waals surface area contributed by atoms with Gasteiger partial charge in [0.1, 0.15) is 12.4 Å². The van der Waals surface area contributed by atoms with Gasteiger partial charge in [-0.25, -0.2) is 0 Å². The molecule has 1 aromatic rings. The van der Waals surface area contributed by atoms with Gasteiger partial charge < -0.3 is 14.0 Å². The molecule has 0 atom stereocenters. The monoisotopic (exact) mass is 261 g/mol. The van der Waals surface area contributed by atoms with E-state index in [4.69, 9.17) is 21.1 Å². The van der Waals surface area contributed by atoms with Gasteiger partial charge in [-0.05, 0) is 20.8 Å². The Kier molecular flexibility index (Phi) is 5.36. The van der Waals surface area contributed by atoms with Crippen molar-refractivity contribution in [2.75, 3.05) is 20.3 Å². The highest BCUT2D eigenvalue weighted by Crippen LogP contribution is 2.20. The quantitative estimate of drug-likeness (QED) is 0.580. The summed E-state index contributed by atoms with van der Waals surface area (Å²) in [6.07, 6.45) is 0. The Hall–Kier alpha value is -0.650. The minimum atomic E-state index is -0.103. The van der Waals surface area contributed by atoms with Crippen molar-refractivity contribution in [1.29, 1.82) is 0 Å². The van der Waals surface area contributed by atoms with Crippen LogP contribution in [0, 0.1) is 0 Å². The van der Waals surface area contributed by atoms with E-state index < -0.39 is 0 Å². The van der Waals surface area contributed by atoms with Crippen LogP contribution in [0.5, 0.6) is 0 Å². The molecule has 1 heterocycles. The van der Waals surface area contributed by atoms with Crippen molar-refractivity contribution in [2.45, 2.75) is 38.8 Å². The highest BCUT2D eigenvalue weighted by Gasteiger charge is 2.22. The van der Waals surface area contributed by atoms with Crippen LogP contribution >= 0.6 is 11.6 Å². The van der Waals surface area contributed by atoms with Gasteiger partial charge in [0, 0.05) is 12.6 Å². The molecule has 0 aliphatic rings. The largest absolute Gasteiger partial charge is 0.382 e. The summed E-state index contributed by atoms with van der Waals surface area (Å²) in [6.45, 7) is 7.81. The number of rotatable bonds is 6. The standard InChI is InChI=1S/C11H20ClN3O2/c1-11(2,3)15-9(7-12)13-14-10(15)8-17-6-5-16-4/h5-8H2,1-4H3. The van der Waals surface area contributed by atoms with E-state index in [0.717, 1.165) is 11.6 Å². The van der Waals surface area contributed by atoms with Crippen molar-refractivity contribution >= 4 is 11.6 Å². The summed E-state index contributed by atoms with van der Waals surface area (Å²) in [5.41, 5.74) is -0.103. The first-order valence-electron chi connectivity index (χ1n) is 5.57. The van der Waals surface area contributed by atoms with Gasteiger partial charge in [0.05, 0.1) is 19.1 Å². The van der Waals surface area contributed by atoms with Crippen LogP contribution in [-0.2, 0) is 27.5 Å². The van der Waals surface area contributed by atoms with Gasteiger partial charge >= 0.3 is 0 Å². The molecular formula is C11H20ClN3O2. The third kappa shape index (κ3) is 3.94. The molecule has 0 aliphatic heterocycles. The maximum absolute atomic E-state index is 5.85. The molecular weight excluding hydrogens is 242 g/mol. The van der Waals surface area contributed by atoms with Crippen LogP contribution in [0.25, 0.3) is 0 Å². The summed E-state index contributed by atoms with van der Waals surface area (Å²) >= 11 is 5.85. The molecule has 0 spiro atoms. The molecule has 0 amide bonds. The van der Waals surface area contributed by atoms with E-state index in [-0.39, 0.29) is 5.54 Å². The van der Waals surface area contributed by atoms with E-state index in [1.807, 2.05) is 4.57 Å². The van der Waals surface area contributed by atoms with E-state index >= 15 is 0 Å². The van der Waals surface area contributed by atoms with Crippen LogP contribution in [0.3, 0.4) is 0 Å². The Morgan fingerprint density at radius 1 is 1.18 bits per heavy atom. The molecule has 0 saturated carbocycles. The Balaban J connectivity index is 2.75. The lowest BCUT2D eigenvalue weighted by Crippen LogP contribution is -2.26. The molecule has 0 radical (unpaired) electrons. The number of hydrogen-bond acceptors (Lipinski definition) is 4. The van der Waals surface area contributed by atoms with Crippen LogP contribution < -0.4 is 0 Å². The lowest BCUT2D eigenvalue weighted by Gasteiger charge is -2.24. The average molecular weight is 262 g/mol. The first-order chi connectivity index (χ1) is 8.00. The number of alkyl halides is 1. The van der Waals surface area contributed by atoms with Gasteiger partial charge in [-0.15, -0.1) is 21.8 Å². The second kappa shape index (κ2) is 6.33. The van der Waals surface area contributed by atoms with Crippen LogP contribution in [0.15, 0.2) is 0 Å². The van der Waals surface area contributed by atoms with E-state index in [9.17, 15) is 0 Å². The van der Waals surface area contributed by atoms with Gasteiger partial charge in [-0.2, -0.15) is 0 Å². The molecule has 0 unspecified atom stereocenters. The zero-order valence-electron chi connectivity index (χ0n) is 10.9. The van der Waals surface area contributed by atoms with Gasteiger partial charge in [0.25, 0.3) is 0 Å². The number of halogens is 1. The summed E-state index contributed by atoms with van der Waals surface area (Å²) in [6, 6.07) is 0. The second-order valence-electron chi connectivity index (χ2n) is 4.72. The molecule has 1 aromatic heterocycles. The second-order valence-corrected chi connectivity index (χ2v) is 4.98. The summed E-state index contributed by atoms with van der Waals surface area (Å²) in [5.74, 6) is 1.91. The fourth-order valence-corrected chi connectivity index (χ4v) is 1.79. The highest BCUT2D eigenvalue weighted by atomic mass is 35.5. The summed E-state index contributed by atoms with van der Waals surface area (Å²) in [5, 5.41) is 8.18. The van der Waals surface area contributed by atoms with Crippen LogP contribution in [0.2, 0.25) is 0 Å². The summed E-state index contributed by atoms with van der Waals surface area (Å²) in [7, 11) is 1.65. The molecule has 0 fully saturated rings. The first kappa shape index (κ1) is 14.4. The summed E-state index contributed by atoms with van der Waals surface area (Å²) in [4.78, 5) is 0. The summed E-state index contributed by atoms with van der Waals surface area (Å²) < 4.78 is 12.4. The zero-order chi connectivity index (χ0) is 12.9. The van der Waals surface area contributed by atoms with E-state index in [0.29, 0.717) is 25.7 Å². The average Bonchev–Trinajstić information content (AvgIpc) is 2.67. The van der Waals surface area contributed by atoms with Crippen molar-refractivity contribution in [1.82, 2.24) is 14.8 Å². The van der Waals surface area contributed by atoms with Crippen LogP contribution in [0.4, 0.5) is 0 Å². The smallest absolute Gasteiger partial charge is 0.159 e. The number of hydrogen-bond donors (Lipinski definition) is 0. The molecule has 0 bridgehead atoms. The van der Waals surface area contributed by atoms with E-state index in [1.165, 1.54) is 0 Å². The van der Waals surface area contributed by atoms with Crippen molar-refractivity contribution in [3.05, 3.63) is 11.6 Å². The number of nitrogens with zero attached hydrogens (tertiary/aromatic N) is 3. The molecule has 0 aromatic carbocycles. The molecule has 5 nitrogen and oxygen atoms in total. The van der Waals surface area contributed by atoms with Crippen LogP contribution in [-0.4, -0.2) is 35.1 Å². The number of ether oxygens (including phenoxy) is 2. The van der Waals surface area contributed by atoms with Crippen molar-refractivity contribution < 1.29 is 9.47 Å². The zero-order valence-corrected chi connectivity index (χ0v) is 11.6. The van der Waals surface area contributed by atoms with Gasteiger partial charge in [-0.1, -0.05) is 0 Å². The minimum Gasteiger partial charge on any atom is -0.382 e. The maximum atomic E-state index is 5.85. The Bertz CT molecular complexity index is 347. The highest BCUT2D eigenvalue weighted by molar-refractivity contribution is 6.16. The third-order valence-electron chi connectivity index (χ3n) is 2.25. The molecule has 6 heteroatoms. The first-order valence-corrected chi connectivity index (χ1v) is 6.10. The van der Waals surface area contributed by atoms with Gasteiger partial charge in [0.15, 0.2) is 5.82 Å². The predicted octanol–water partition coefficient (Wildman–Crippen LogP) is 1.93. The van der Waals surface area contributed by atoms with Crippen LogP contribution in [0.1, 0.15) is 32.4 Å². The van der Waals surface area contributed by atoms with E-state index in [1.54, 1.807) is 7.11 Å². The van der Waals surface area contributed by atoms with Gasteiger partial charge in [-0.3, -0.25) is 0 Å². The normalized spacial score (nSPS) is 12.1. The van der Waals surface area contributed by atoms with Crippen molar-refractivity contribution in [2.24, 2.45) is 0 Å². The predicted molar refractivity (Wildman–Crippen MR) is 66.1 cm³/mol. The lowest BCUT2D eigenvalue weighted by atomic mass is 10.1. The topological polar surface area (TPSA) is 49.2 Å². The Labute approximate surface area is 107 Å². The molecule has 17 heavy (non-hydrogen) atoms. The molecule has 0 aliphatic carbocycles. The molecule has 1 rings (SSSR count). The fraction of sp³-hybridized carbons (Fsp3) is 0.818. The SMILES string of the molecule is COCCOCc1nnc(CCl)n1C(C)(C)C. The lowest BCUT2D eigenvalue weighted by molar-refractivity contribution is 0.0556. The van der Waals surface area contributed by atoms with Gasteiger partial charge in [0.2, 0.25) is 0 Å². The van der Waals surface area contributed by atoms with Crippen molar-refractivity contribution in [3.8, 4) is 0 Å². The molecule has 0 saturated heterocycles. The number of methoxy groups -OCH3 is 1. The molecule has 0 N–H and O–H groups in total. The maximum Gasteiger partial charge on any atom is 0.159 e. The van der Waals surface area contributed by atoms with E-state index in [2.05, 4.69) is 31.0 Å². The fourth-order valence-electron chi connectivity index (χ4n) is 1.61. The third-order valence-corrected chi connectivity index (χ3v) is 2.49. The Morgan fingerprint density at radius 2 is 1.82 bits per heavy atom.